The normalized spacial score (nSPS) is 24.4. The first-order valence-corrected chi connectivity index (χ1v) is 6.50. The molecule has 0 radical (unpaired) electrons. The third-order valence-electron chi connectivity index (χ3n) is 3.13. The van der Waals surface area contributed by atoms with Crippen LogP contribution in [0.1, 0.15) is 29.0 Å². The fraction of sp³-hybridized carbons (Fsp3) is 0.333. The first-order chi connectivity index (χ1) is 7.72. The molecule has 3 rings (SSSR count). The van der Waals surface area contributed by atoms with E-state index in [4.69, 9.17) is 16.0 Å². The molecule has 0 aliphatic heterocycles. The molecular formula is C12H11ClO2S. The van der Waals surface area contributed by atoms with Crippen LogP contribution in [0.5, 0.6) is 0 Å². The molecule has 16 heavy (non-hydrogen) atoms. The number of rotatable bonds is 1. The van der Waals surface area contributed by atoms with Gasteiger partial charge in [0.25, 0.3) is 0 Å². The van der Waals surface area contributed by atoms with Crippen molar-refractivity contribution in [1.82, 2.24) is 0 Å². The van der Waals surface area contributed by atoms with E-state index in [1.54, 1.807) is 6.26 Å². The number of thiophene rings is 1. The van der Waals surface area contributed by atoms with Gasteiger partial charge in [0.2, 0.25) is 0 Å². The molecule has 1 aliphatic rings. The van der Waals surface area contributed by atoms with Gasteiger partial charge in [-0.15, -0.1) is 11.3 Å². The van der Waals surface area contributed by atoms with Gasteiger partial charge in [0.05, 0.1) is 16.2 Å². The number of aliphatic hydroxyl groups is 1. The summed E-state index contributed by atoms with van der Waals surface area (Å²) in [5.74, 6) is 0.887. The molecule has 2 nitrogen and oxygen atoms in total. The fourth-order valence-electron chi connectivity index (χ4n) is 2.37. The molecule has 2 aromatic rings. The second-order valence-electron chi connectivity index (χ2n) is 4.07. The molecule has 0 aromatic carbocycles. The summed E-state index contributed by atoms with van der Waals surface area (Å²) >= 11 is 7.61. The summed E-state index contributed by atoms with van der Waals surface area (Å²) in [4.78, 5) is 0.830. The van der Waals surface area contributed by atoms with Crippen LogP contribution in [0.2, 0.25) is 5.02 Å². The fourth-order valence-corrected chi connectivity index (χ4v) is 3.72. The summed E-state index contributed by atoms with van der Waals surface area (Å²) < 4.78 is 5.39. The van der Waals surface area contributed by atoms with Crippen LogP contribution < -0.4 is 0 Å². The predicted molar refractivity (Wildman–Crippen MR) is 64.0 cm³/mol. The maximum Gasteiger partial charge on any atom is 0.129 e. The zero-order chi connectivity index (χ0) is 11.2. The molecule has 84 valence electrons. The number of furan rings is 1. The number of hydrogen-bond donors (Lipinski definition) is 1. The van der Waals surface area contributed by atoms with Crippen molar-refractivity contribution in [3.8, 4) is 0 Å². The SMILES string of the molecule is OC1(c2sccc2Cl)CCCc2occc21. The Morgan fingerprint density at radius 1 is 1.44 bits per heavy atom. The molecule has 1 unspecified atom stereocenters. The largest absolute Gasteiger partial charge is 0.469 e. The van der Waals surface area contributed by atoms with Crippen LogP contribution in [0.3, 0.4) is 0 Å². The highest BCUT2D eigenvalue weighted by Gasteiger charge is 2.40. The molecule has 2 heterocycles. The lowest BCUT2D eigenvalue weighted by molar-refractivity contribution is 0.0627. The summed E-state index contributed by atoms with van der Waals surface area (Å²) in [6.07, 6.45) is 4.17. The zero-order valence-corrected chi connectivity index (χ0v) is 10.1. The summed E-state index contributed by atoms with van der Waals surface area (Å²) in [6, 6.07) is 3.68. The molecule has 1 N–H and O–H groups in total. The molecule has 0 fully saturated rings. The minimum absolute atomic E-state index is 0.640. The Morgan fingerprint density at radius 2 is 2.31 bits per heavy atom. The summed E-state index contributed by atoms with van der Waals surface area (Å²) in [5, 5.41) is 13.4. The number of fused-ring (bicyclic) bond motifs is 1. The van der Waals surface area contributed by atoms with Gasteiger partial charge in [0.15, 0.2) is 0 Å². The van der Waals surface area contributed by atoms with Crippen LogP contribution in [0.4, 0.5) is 0 Å². The number of hydrogen-bond acceptors (Lipinski definition) is 3. The van der Waals surface area contributed by atoms with E-state index in [9.17, 15) is 5.11 Å². The molecule has 1 atom stereocenters. The Kier molecular flexibility index (Phi) is 2.35. The Morgan fingerprint density at radius 3 is 3.06 bits per heavy atom. The van der Waals surface area contributed by atoms with Crippen molar-refractivity contribution in [2.45, 2.75) is 24.9 Å². The van der Waals surface area contributed by atoms with E-state index < -0.39 is 5.60 Å². The highest BCUT2D eigenvalue weighted by Crippen LogP contribution is 2.45. The monoisotopic (exact) mass is 254 g/mol. The molecule has 0 spiro atoms. The Labute approximate surface area is 102 Å². The number of aryl methyl sites for hydroxylation is 1. The van der Waals surface area contributed by atoms with E-state index in [0.29, 0.717) is 11.4 Å². The zero-order valence-electron chi connectivity index (χ0n) is 8.57. The molecule has 0 saturated carbocycles. The Hall–Kier alpha value is -0.770. The van der Waals surface area contributed by atoms with Gasteiger partial charge in [-0.3, -0.25) is 0 Å². The van der Waals surface area contributed by atoms with Gasteiger partial charge in [-0.05, 0) is 30.4 Å². The van der Waals surface area contributed by atoms with Gasteiger partial charge in [-0.1, -0.05) is 11.6 Å². The van der Waals surface area contributed by atoms with E-state index in [-0.39, 0.29) is 0 Å². The second-order valence-corrected chi connectivity index (χ2v) is 5.39. The first-order valence-electron chi connectivity index (χ1n) is 5.24. The van der Waals surface area contributed by atoms with E-state index in [1.807, 2.05) is 17.5 Å². The van der Waals surface area contributed by atoms with Gasteiger partial charge in [0.1, 0.15) is 11.4 Å². The lowest BCUT2D eigenvalue weighted by atomic mass is 9.82. The first kappa shape index (κ1) is 10.4. The van der Waals surface area contributed by atoms with E-state index in [2.05, 4.69) is 0 Å². The molecular weight excluding hydrogens is 244 g/mol. The van der Waals surface area contributed by atoms with Gasteiger partial charge >= 0.3 is 0 Å². The lowest BCUT2D eigenvalue weighted by Gasteiger charge is -2.31. The van der Waals surface area contributed by atoms with Gasteiger partial charge < -0.3 is 9.52 Å². The van der Waals surface area contributed by atoms with Gasteiger partial charge in [-0.2, -0.15) is 0 Å². The minimum atomic E-state index is -0.953. The standard InChI is InChI=1S/C12H11ClO2S/c13-9-4-7-16-11(9)12(14)5-1-2-10-8(12)3-6-15-10/h3-4,6-7,14H,1-2,5H2. The van der Waals surface area contributed by atoms with Crippen molar-refractivity contribution in [2.24, 2.45) is 0 Å². The van der Waals surface area contributed by atoms with Crippen LogP contribution in [-0.2, 0) is 12.0 Å². The van der Waals surface area contributed by atoms with E-state index in [1.165, 1.54) is 11.3 Å². The average molecular weight is 255 g/mol. The van der Waals surface area contributed by atoms with Crippen LogP contribution in [0, 0.1) is 0 Å². The molecule has 0 bridgehead atoms. The van der Waals surface area contributed by atoms with Crippen molar-refractivity contribution in [3.63, 3.8) is 0 Å². The van der Waals surface area contributed by atoms with Crippen LogP contribution in [-0.4, -0.2) is 5.11 Å². The van der Waals surface area contributed by atoms with Gasteiger partial charge in [-0.25, -0.2) is 0 Å². The summed E-state index contributed by atoms with van der Waals surface area (Å²) in [6.45, 7) is 0. The minimum Gasteiger partial charge on any atom is -0.469 e. The maximum absolute atomic E-state index is 10.8. The summed E-state index contributed by atoms with van der Waals surface area (Å²) in [5.41, 5.74) is -0.0747. The van der Waals surface area contributed by atoms with Crippen molar-refractivity contribution in [3.05, 3.63) is 45.0 Å². The third-order valence-corrected chi connectivity index (χ3v) is 4.62. The topological polar surface area (TPSA) is 33.4 Å². The van der Waals surface area contributed by atoms with Crippen LogP contribution >= 0.6 is 22.9 Å². The summed E-state index contributed by atoms with van der Waals surface area (Å²) in [7, 11) is 0. The van der Waals surface area contributed by atoms with Crippen LogP contribution in [0.25, 0.3) is 0 Å². The van der Waals surface area contributed by atoms with E-state index in [0.717, 1.165) is 29.0 Å². The maximum atomic E-state index is 10.8. The predicted octanol–water partition coefficient (Wildman–Crippen LogP) is 3.57. The lowest BCUT2D eigenvalue weighted by Crippen LogP contribution is -2.30. The third kappa shape index (κ3) is 1.35. The highest BCUT2D eigenvalue weighted by atomic mass is 35.5. The van der Waals surface area contributed by atoms with Crippen molar-refractivity contribution in [1.29, 1.82) is 0 Å². The van der Waals surface area contributed by atoms with Crippen molar-refractivity contribution in [2.75, 3.05) is 0 Å². The van der Waals surface area contributed by atoms with Crippen LogP contribution in [0.15, 0.2) is 28.2 Å². The second kappa shape index (κ2) is 3.62. The molecule has 2 aromatic heterocycles. The highest BCUT2D eigenvalue weighted by molar-refractivity contribution is 7.10. The van der Waals surface area contributed by atoms with Crippen molar-refractivity contribution < 1.29 is 9.52 Å². The number of halogens is 1. The molecule has 4 heteroatoms. The van der Waals surface area contributed by atoms with Crippen molar-refractivity contribution >= 4 is 22.9 Å². The molecule has 1 aliphatic carbocycles. The molecule has 0 amide bonds. The Balaban J connectivity index is 2.18. The van der Waals surface area contributed by atoms with Gasteiger partial charge in [0, 0.05) is 12.0 Å². The quantitative estimate of drug-likeness (QED) is 0.844. The van der Waals surface area contributed by atoms with E-state index >= 15 is 0 Å². The molecule has 0 saturated heterocycles. The Bertz CT molecular complexity index is 517. The average Bonchev–Trinajstić information content (AvgIpc) is 2.86. The smallest absolute Gasteiger partial charge is 0.129 e.